The summed E-state index contributed by atoms with van der Waals surface area (Å²) in [7, 11) is 0. The minimum Gasteiger partial charge on any atom is -0.446 e. The van der Waals surface area contributed by atoms with E-state index in [0.717, 1.165) is 5.92 Å². The van der Waals surface area contributed by atoms with Gasteiger partial charge in [-0.3, -0.25) is 4.79 Å². The summed E-state index contributed by atoms with van der Waals surface area (Å²) < 4.78 is 5.54. The maximum absolute atomic E-state index is 11.9. The Bertz CT molecular complexity index is 430. The first kappa shape index (κ1) is 14.4. The molecular formula is C17H26O2. The van der Waals surface area contributed by atoms with Gasteiger partial charge in [0.15, 0.2) is 5.60 Å². The van der Waals surface area contributed by atoms with E-state index in [9.17, 15) is 4.79 Å². The molecule has 0 aromatic rings. The number of esters is 1. The number of rotatable bonds is 1. The van der Waals surface area contributed by atoms with Crippen LogP contribution in [0.1, 0.15) is 66.7 Å². The summed E-state index contributed by atoms with van der Waals surface area (Å²) in [5, 5.41) is 0. The van der Waals surface area contributed by atoms with Crippen molar-refractivity contribution >= 4 is 5.97 Å². The van der Waals surface area contributed by atoms with E-state index in [1.807, 2.05) is 34.6 Å². The summed E-state index contributed by atoms with van der Waals surface area (Å²) in [6.07, 6.45) is 6.47. The summed E-state index contributed by atoms with van der Waals surface area (Å²) >= 11 is 0. The molecule has 106 valence electrons. The Morgan fingerprint density at radius 3 is 2.47 bits per heavy atom. The number of hydrogen-bond donors (Lipinski definition) is 0. The molecule has 0 spiro atoms. The number of fused-ring (bicyclic) bond motifs is 1. The van der Waals surface area contributed by atoms with E-state index in [1.165, 1.54) is 32.1 Å². The highest BCUT2D eigenvalue weighted by Crippen LogP contribution is 2.60. The molecule has 0 amide bonds. The van der Waals surface area contributed by atoms with E-state index in [0.29, 0.717) is 0 Å². The zero-order valence-electron chi connectivity index (χ0n) is 12.9. The van der Waals surface area contributed by atoms with Gasteiger partial charge in [0.05, 0.1) is 5.41 Å². The van der Waals surface area contributed by atoms with E-state index < -0.39 is 11.0 Å². The molecule has 0 unspecified atom stereocenters. The van der Waals surface area contributed by atoms with E-state index >= 15 is 0 Å². The third-order valence-electron chi connectivity index (χ3n) is 4.23. The van der Waals surface area contributed by atoms with E-state index in [1.54, 1.807) is 0 Å². The zero-order valence-corrected chi connectivity index (χ0v) is 12.9. The first-order chi connectivity index (χ1) is 8.65. The fourth-order valence-corrected chi connectivity index (χ4v) is 2.80. The molecule has 2 fully saturated rings. The number of carbonyl (C=O) groups excluding carboxylic acids is 1. The van der Waals surface area contributed by atoms with Gasteiger partial charge in [0.2, 0.25) is 0 Å². The normalized spacial score (nSPS) is 29.8. The Balaban J connectivity index is 2.00. The fraction of sp³-hybridized carbons (Fsp3) is 0.824. The van der Waals surface area contributed by atoms with Gasteiger partial charge in [-0.15, -0.1) is 0 Å². The van der Waals surface area contributed by atoms with Crippen LogP contribution in [0.25, 0.3) is 0 Å². The molecule has 0 aromatic carbocycles. The predicted octanol–water partition coefficient (Wildman–Crippen LogP) is 3.94. The highest BCUT2D eigenvalue weighted by atomic mass is 16.6. The molecule has 2 aliphatic carbocycles. The lowest BCUT2D eigenvalue weighted by Crippen LogP contribution is -2.33. The molecule has 0 saturated heterocycles. The van der Waals surface area contributed by atoms with E-state index in [-0.39, 0.29) is 11.4 Å². The van der Waals surface area contributed by atoms with Gasteiger partial charge in [-0.2, -0.15) is 0 Å². The van der Waals surface area contributed by atoms with Gasteiger partial charge in [-0.25, -0.2) is 0 Å². The third-order valence-corrected chi connectivity index (χ3v) is 4.23. The molecule has 2 saturated carbocycles. The van der Waals surface area contributed by atoms with Crippen molar-refractivity contribution < 1.29 is 9.53 Å². The molecule has 2 nitrogen and oxygen atoms in total. The molecule has 2 atom stereocenters. The topological polar surface area (TPSA) is 26.3 Å². The molecule has 2 heteroatoms. The Labute approximate surface area is 117 Å². The predicted molar refractivity (Wildman–Crippen MR) is 76.4 cm³/mol. The van der Waals surface area contributed by atoms with Gasteiger partial charge in [0, 0.05) is 5.41 Å². The van der Waals surface area contributed by atoms with Crippen molar-refractivity contribution in [3.05, 3.63) is 0 Å². The van der Waals surface area contributed by atoms with Crippen LogP contribution in [0.3, 0.4) is 0 Å². The lowest BCUT2D eigenvalue weighted by molar-refractivity contribution is -0.161. The lowest BCUT2D eigenvalue weighted by Gasteiger charge is -2.25. The summed E-state index contributed by atoms with van der Waals surface area (Å²) in [6, 6.07) is 0. The minimum absolute atomic E-state index is 0.180. The summed E-state index contributed by atoms with van der Waals surface area (Å²) in [6.45, 7) is 9.39. The van der Waals surface area contributed by atoms with Crippen LogP contribution >= 0.6 is 0 Å². The van der Waals surface area contributed by atoms with Crippen molar-refractivity contribution in [2.24, 2.45) is 16.7 Å². The maximum atomic E-state index is 11.9. The lowest BCUT2D eigenvalue weighted by atomic mass is 9.88. The van der Waals surface area contributed by atoms with Crippen LogP contribution < -0.4 is 0 Å². The average molecular weight is 262 g/mol. The van der Waals surface area contributed by atoms with Crippen LogP contribution in [-0.4, -0.2) is 11.6 Å². The van der Waals surface area contributed by atoms with Crippen molar-refractivity contribution in [3.63, 3.8) is 0 Å². The molecule has 0 N–H and O–H groups in total. The minimum atomic E-state index is -0.677. The highest BCUT2D eigenvalue weighted by Gasteiger charge is 2.53. The molecule has 0 bridgehead atoms. The van der Waals surface area contributed by atoms with Gasteiger partial charge in [0.1, 0.15) is 0 Å². The van der Waals surface area contributed by atoms with E-state index in [4.69, 9.17) is 4.74 Å². The molecule has 0 aromatic heterocycles. The molecule has 2 aliphatic rings. The molecule has 0 heterocycles. The van der Waals surface area contributed by atoms with Crippen molar-refractivity contribution in [3.8, 4) is 11.8 Å². The Hall–Kier alpha value is -0.970. The van der Waals surface area contributed by atoms with Crippen molar-refractivity contribution in [1.82, 2.24) is 0 Å². The van der Waals surface area contributed by atoms with Gasteiger partial charge in [-0.1, -0.05) is 24.7 Å². The van der Waals surface area contributed by atoms with Crippen LogP contribution in [0.15, 0.2) is 0 Å². The van der Waals surface area contributed by atoms with Crippen molar-refractivity contribution in [1.29, 1.82) is 0 Å². The van der Waals surface area contributed by atoms with Crippen LogP contribution in [0, 0.1) is 28.6 Å². The molecule has 0 aliphatic heterocycles. The first-order valence-corrected chi connectivity index (χ1v) is 7.42. The Kier molecular flexibility index (Phi) is 3.45. The van der Waals surface area contributed by atoms with Gasteiger partial charge >= 0.3 is 5.97 Å². The fourth-order valence-electron chi connectivity index (χ4n) is 2.80. The number of carbonyl (C=O) groups is 1. The van der Waals surface area contributed by atoms with Crippen LogP contribution in [0.2, 0.25) is 0 Å². The SMILES string of the molecule is CC(C)(C#C[C@@]12CCCC[C@@H]1C2)OC(=O)C(C)(C)C. The Morgan fingerprint density at radius 2 is 1.89 bits per heavy atom. The summed E-state index contributed by atoms with van der Waals surface area (Å²) in [5.41, 5.74) is -0.877. The van der Waals surface area contributed by atoms with Gasteiger partial charge < -0.3 is 4.74 Å². The van der Waals surface area contributed by atoms with Gasteiger partial charge in [-0.05, 0) is 59.8 Å². The average Bonchev–Trinajstić information content (AvgIpc) is 2.99. The van der Waals surface area contributed by atoms with Crippen molar-refractivity contribution in [2.45, 2.75) is 72.3 Å². The quantitative estimate of drug-likeness (QED) is 0.528. The molecule has 2 rings (SSSR count). The molecule has 19 heavy (non-hydrogen) atoms. The summed E-state index contributed by atoms with van der Waals surface area (Å²) in [4.78, 5) is 11.9. The Morgan fingerprint density at radius 1 is 1.21 bits per heavy atom. The zero-order chi connectivity index (χ0) is 14.3. The van der Waals surface area contributed by atoms with Crippen molar-refractivity contribution in [2.75, 3.05) is 0 Å². The molecular weight excluding hydrogens is 236 g/mol. The largest absolute Gasteiger partial charge is 0.446 e. The standard InChI is InChI=1S/C17H26O2/c1-15(2,3)14(18)19-16(4,5)10-11-17-9-7-6-8-13(17)12-17/h13H,6-9,12H2,1-5H3/t13-,17-/m1/s1. The summed E-state index contributed by atoms with van der Waals surface area (Å²) in [5.74, 6) is 7.29. The second-order valence-electron chi connectivity index (χ2n) is 7.70. The molecule has 0 radical (unpaired) electrons. The maximum Gasteiger partial charge on any atom is 0.312 e. The van der Waals surface area contributed by atoms with Gasteiger partial charge in [0.25, 0.3) is 0 Å². The van der Waals surface area contributed by atoms with Crippen LogP contribution in [0.5, 0.6) is 0 Å². The smallest absolute Gasteiger partial charge is 0.312 e. The number of ether oxygens (including phenoxy) is 1. The monoisotopic (exact) mass is 262 g/mol. The third kappa shape index (κ3) is 3.32. The van der Waals surface area contributed by atoms with E-state index in [2.05, 4.69) is 11.8 Å². The number of hydrogen-bond acceptors (Lipinski definition) is 2. The van der Waals surface area contributed by atoms with Crippen LogP contribution in [0.4, 0.5) is 0 Å². The van der Waals surface area contributed by atoms with Crippen LogP contribution in [-0.2, 0) is 9.53 Å². The highest BCUT2D eigenvalue weighted by molar-refractivity contribution is 5.76. The second kappa shape index (κ2) is 4.54. The first-order valence-electron chi connectivity index (χ1n) is 7.42. The second-order valence-corrected chi connectivity index (χ2v) is 7.70.